The van der Waals surface area contributed by atoms with Crippen LogP contribution in [0.5, 0.6) is 5.75 Å². The van der Waals surface area contributed by atoms with Crippen molar-refractivity contribution in [2.45, 2.75) is 11.8 Å². The largest absolute Gasteiger partial charge is 0.491 e. The molecule has 0 bridgehead atoms. The minimum absolute atomic E-state index is 0.0864. The molecule has 1 aliphatic heterocycles. The van der Waals surface area contributed by atoms with Crippen LogP contribution in [0.15, 0.2) is 23.1 Å². The highest BCUT2D eigenvalue weighted by Crippen LogP contribution is 2.29. The summed E-state index contributed by atoms with van der Waals surface area (Å²) in [5, 5.41) is 0. The molecule has 0 saturated carbocycles. The lowest BCUT2D eigenvalue weighted by atomic mass is 10.2. The molecular weight excluding hydrogens is 188 g/mol. The molecule has 0 aromatic heterocycles. The zero-order chi connectivity index (χ0) is 9.47. The third kappa shape index (κ3) is 1.42. The Morgan fingerprint density at radius 3 is 2.92 bits per heavy atom. The average molecular weight is 198 g/mol. The first-order valence-electron chi connectivity index (χ1n) is 4.06. The van der Waals surface area contributed by atoms with Gasteiger partial charge in [-0.25, -0.2) is 8.42 Å². The Labute approximate surface area is 77.3 Å². The topological polar surface area (TPSA) is 43.4 Å². The van der Waals surface area contributed by atoms with Crippen molar-refractivity contribution in [1.29, 1.82) is 0 Å². The van der Waals surface area contributed by atoms with Crippen molar-refractivity contribution >= 4 is 9.84 Å². The zero-order valence-electron chi connectivity index (χ0n) is 7.28. The number of sulfone groups is 1. The van der Waals surface area contributed by atoms with Crippen molar-refractivity contribution in [1.82, 2.24) is 0 Å². The highest BCUT2D eigenvalue weighted by atomic mass is 32.2. The molecule has 0 spiro atoms. The minimum Gasteiger partial charge on any atom is -0.491 e. The number of rotatable bonds is 0. The summed E-state index contributed by atoms with van der Waals surface area (Å²) < 4.78 is 28.3. The van der Waals surface area contributed by atoms with Gasteiger partial charge in [-0.15, -0.1) is 0 Å². The van der Waals surface area contributed by atoms with Crippen LogP contribution in [0.4, 0.5) is 0 Å². The molecule has 0 atom stereocenters. The summed E-state index contributed by atoms with van der Waals surface area (Å²) in [6, 6.07) is 5.15. The van der Waals surface area contributed by atoms with Gasteiger partial charge in [-0.1, -0.05) is 6.07 Å². The Hall–Kier alpha value is -1.03. The van der Waals surface area contributed by atoms with Crippen LogP contribution >= 0.6 is 0 Å². The molecule has 0 unspecified atom stereocenters. The fraction of sp³-hybridized carbons (Fsp3) is 0.333. The SMILES string of the molecule is Cc1ccc2c(c1)OCCS2(=O)=O. The van der Waals surface area contributed by atoms with E-state index < -0.39 is 9.84 Å². The van der Waals surface area contributed by atoms with E-state index in [4.69, 9.17) is 4.74 Å². The first-order valence-corrected chi connectivity index (χ1v) is 5.71. The van der Waals surface area contributed by atoms with E-state index in [-0.39, 0.29) is 12.4 Å². The molecular formula is C9H10O3S. The molecule has 0 saturated heterocycles. The Kier molecular flexibility index (Phi) is 1.80. The van der Waals surface area contributed by atoms with Gasteiger partial charge < -0.3 is 4.74 Å². The molecule has 1 aliphatic rings. The van der Waals surface area contributed by atoms with E-state index in [0.717, 1.165) is 5.56 Å². The van der Waals surface area contributed by atoms with Gasteiger partial charge in [-0.05, 0) is 24.6 Å². The number of fused-ring (bicyclic) bond motifs is 1. The molecule has 0 radical (unpaired) electrons. The van der Waals surface area contributed by atoms with Crippen LogP contribution in [0.2, 0.25) is 0 Å². The van der Waals surface area contributed by atoms with E-state index in [2.05, 4.69) is 0 Å². The van der Waals surface area contributed by atoms with Gasteiger partial charge in [0, 0.05) is 0 Å². The predicted molar refractivity (Wildman–Crippen MR) is 48.7 cm³/mol. The third-order valence-electron chi connectivity index (χ3n) is 2.04. The Morgan fingerprint density at radius 2 is 2.15 bits per heavy atom. The van der Waals surface area contributed by atoms with Crippen LogP contribution in [0, 0.1) is 6.92 Å². The molecule has 4 heteroatoms. The summed E-state index contributed by atoms with van der Waals surface area (Å²) in [4.78, 5) is 0.323. The number of hydrogen-bond donors (Lipinski definition) is 0. The number of aryl methyl sites for hydroxylation is 1. The molecule has 13 heavy (non-hydrogen) atoms. The lowest BCUT2D eigenvalue weighted by molar-refractivity contribution is 0.322. The summed E-state index contributed by atoms with van der Waals surface area (Å²) >= 11 is 0. The standard InChI is InChI=1S/C9H10O3S/c1-7-2-3-9-8(6-7)12-4-5-13(9,10)11/h2-3,6H,4-5H2,1H3. The molecule has 1 heterocycles. The van der Waals surface area contributed by atoms with Crippen molar-refractivity contribution in [3.8, 4) is 5.75 Å². The fourth-order valence-corrected chi connectivity index (χ4v) is 2.58. The van der Waals surface area contributed by atoms with Crippen LogP contribution < -0.4 is 4.74 Å². The lowest BCUT2D eigenvalue weighted by Crippen LogP contribution is -2.20. The summed E-state index contributed by atoms with van der Waals surface area (Å²) in [5.41, 5.74) is 1.01. The fourth-order valence-electron chi connectivity index (χ4n) is 1.36. The Bertz CT molecular complexity index is 434. The lowest BCUT2D eigenvalue weighted by Gasteiger charge is -2.17. The molecule has 0 aliphatic carbocycles. The van der Waals surface area contributed by atoms with Gasteiger partial charge >= 0.3 is 0 Å². The smallest absolute Gasteiger partial charge is 0.185 e. The monoisotopic (exact) mass is 198 g/mol. The summed E-state index contributed by atoms with van der Waals surface area (Å²) in [6.07, 6.45) is 0. The highest BCUT2D eigenvalue weighted by molar-refractivity contribution is 7.91. The first-order chi connectivity index (χ1) is 6.09. The van der Waals surface area contributed by atoms with E-state index in [0.29, 0.717) is 10.6 Å². The van der Waals surface area contributed by atoms with E-state index >= 15 is 0 Å². The Balaban J connectivity index is 2.66. The third-order valence-corrected chi connectivity index (χ3v) is 3.76. The van der Waals surface area contributed by atoms with Crippen molar-refractivity contribution in [3.63, 3.8) is 0 Å². The molecule has 3 nitrogen and oxygen atoms in total. The van der Waals surface area contributed by atoms with E-state index in [9.17, 15) is 8.42 Å². The summed E-state index contributed by atoms with van der Waals surface area (Å²) in [6.45, 7) is 2.17. The maximum absolute atomic E-state index is 11.5. The van der Waals surface area contributed by atoms with Gasteiger partial charge in [0.2, 0.25) is 0 Å². The van der Waals surface area contributed by atoms with Gasteiger partial charge in [0.15, 0.2) is 9.84 Å². The van der Waals surface area contributed by atoms with Crippen molar-refractivity contribution < 1.29 is 13.2 Å². The molecule has 0 N–H and O–H groups in total. The minimum atomic E-state index is -3.08. The second-order valence-corrected chi connectivity index (χ2v) is 5.20. The predicted octanol–water partition coefficient (Wildman–Crippen LogP) is 1.16. The second-order valence-electron chi connectivity index (χ2n) is 3.12. The van der Waals surface area contributed by atoms with E-state index in [1.54, 1.807) is 18.2 Å². The number of benzene rings is 1. The van der Waals surface area contributed by atoms with Gasteiger partial charge in [0.25, 0.3) is 0 Å². The molecule has 0 fully saturated rings. The van der Waals surface area contributed by atoms with Crippen LogP contribution in [0.1, 0.15) is 5.56 Å². The normalized spacial score (nSPS) is 18.8. The van der Waals surface area contributed by atoms with E-state index in [1.165, 1.54) is 0 Å². The van der Waals surface area contributed by atoms with Gasteiger partial charge in [-0.2, -0.15) is 0 Å². The quantitative estimate of drug-likeness (QED) is 0.628. The Morgan fingerprint density at radius 1 is 1.38 bits per heavy atom. The maximum atomic E-state index is 11.5. The molecule has 70 valence electrons. The van der Waals surface area contributed by atoms with Crippen molar-refractivity contribution in [2.75, 3.05) is 12.4 Å². The van der Waals surface area contributed by atoms with Gasteiger partial charge in [0.05, 0.1) is 5.75 Å². The van der Waals surface area contributed by atoms with Crippen LogP contribution in [-0.2, 0) is 9.84 Å². The summed E-state index contributed by atoms with van der Waals surface area (Å²) in [5.74, 6) is 0.578. The van der Waals surface area contributed by atoms with E-state index in [1.807, 2.05) is 6.92 Å². The first kappa shape index (κ1) is 8.56. The molecule has 1 aromatic rings. The van der Waals surface area contributed by atoms with Gasteiger partial charge in [-0.3, -0.25) is 0 Å². The molecule has 1 aromatic carbocycles. The number of hydrogen-bond acceptors (Lipinski definition) is 3. The number of ether oxygens (including phenoxy) is 1. The van der Waals surface area contributed by atoms with Gasteiger partial charge in [0.1, 0.15) is 17.3 Å². The molecule has 2 rings (SSSR count). The molecule has 0 amide bonds. The van der Waals surface area contributed by atoms with Crippen molar-refractivity contribution in [3.05, 3.63) is 23.8 Å². The van der Waals surface area contributed by atoms with Crippen LogP contribution in [0.3, 0.4) is 0 Å². The van der Waals surface area contributed by atoms with Crippen LogP contribution in [0.25, 0.3) is 0 Å². The van der Waals surface area contributed by atoms with Crippen molar-refractivity contribution in [2.24, 2.45) is 0 Å². The summed E-state index contributed by atoms with van der Waals surface area (Å²) in [7, 11) is -3.08. The maximum Gasteiger partial charge on any atom is 0.185 e. The van der Waals surface area contributed by atoms with Crippen LogP contribution in [-0.4, -0.2) is 20.8 Å². The highest BCUT2D eigenvalue weighted by Gasteiger charge is 2.24. The average Bonchev–Trinajstić information content (AvgIpc) is 2.02. The second kappa shape index (κ2) is 2.73. The zero-order valence-corrected chi connectivity index (χ0v) is 8.10.